The average molecular weight is 195 g/mol. The molecule has 2 rings (SSSR count). The predicted octanol–water partition coefficient (Wildman–Crippen LogP) is 2.48. The van der Waals surface area contributed by atoms with Crippen LogP contribution in [0.4, 0.5) is 0 Å². The van der Waals surface area contributed by atoms with Crippen LogP contribution < -0.4 is 5.32 Å². The third kappa shape index (κ3) is 1.94. The van der Waals surface area contributed by atoms with Gasteiger partial charge in [-0.15, -0.1) is 0 Å². The molecule has 14 heavy (non-hydrogen) atoms. The van der Waals surface area contributed by atoms with E-state index in [1.807, 2.05) is 0 Å². The summed E-state index contributed by atoms with van der Waals surface area (Å²) in [6.07, 6.45) is 7.25. The van der Waals surface area contributed by atoms with E-state index in [4.69, 9.17) is 0 Å². The SMILES string of the molecule is CC(C)CC1CCCC2(CC(=O)N2)C1. The van der Waals surface area contributed by atoms with E-state index in [2.05, 4.69) is 19.2 Å². The number of nitrogens with one attached hydrogen (secondary N) is 1. The van der Waals surface area contributed by atoms with Crippen LogP contribution in [0.15, 0.2) is 0 Å². The topological polar surface area (TPSA) is 29.1 Å². The zero-order chi connectivity index (χ0) is 10.2. The smallest absolute Gasteiger partial charge is 0.222 e. The number of amides is 1. The molecule has 2 aliphatic rings. The van der Waals surface area contributed by atoms with E-state index in [0.717, 1.165) is 18.3 Å². The number of carbonyl (C=O) groups excluding carboxylic acids is 1. The van der Waals surface area contributed by atoms with Crippen molar-refractivity contribution in [3.05, 3.63) is 0 Å². The summed E-state index contributed by atoms with van der Waals surface area (Å²) in [7, 11) is 0. The first-order valence-corrected chi connectivity index (χ1v) is 5.91. The van der Waals surface area contributed by atoms with Crippen LogP contribution in [0.3, 0.4) is 0 Å². The molecular weight excluding hydrogens is 174 g/mol. The minimum absolute atomic E-state index is 0.231. The minimum Gasteiger partial charge on any atom is -0.350 e. The van der Waals surface area contributed by atoms with Gasteiger partial charge >= 0.3 is 0 Å². The number of hydrogen-bond donors (Lipinski definition) is 1. The second-order valence-electron chi connectivity index (χ2n) is 5.60. The van der Waals surface area contributed by atoms with Crippen molar-refractivity contribution in [2.45, 2.75) is 57.9 Å². The molecule has 1 aliphatic heterocycles. The predicted molar refractivity (Wildman–Crippen MR) is 56.9 cm³/mol. The third-order valence-electron chi connectivity index (χ3n) is 3.66. The van der Waals surface area contributed by atoms with E-state index in [0.29, 0.717) is 0 Å². The highest BCUT2D eigenvalue weighted by atomic mass is 16.2. The number of carbonyl (C=O) groups is 1. The molecule has 1 amide bonds. The van der Waals surface area contributed by atoms with Crippen LogP contribution in [-0.2, 0) is 4.79 Å². The lowest BCUT2D eigenvalue weighted by Gasteiger charge is -2.48. The molecule has 80 valence electrons. The molecule has 0 aromatic heterocycles. The van der Waals surface area contributed by atoms with Gasteiger partial charge in [-0.25, -0.2) is 0 Å². The molecule has 1 aliphatic carbocycles. The first-order chi connectivity index (χ1) is 6.60. The van der Waals surface area contributed by atoms with Crippen LogP contribution in [0.5, 0.6) is 0 Å². The van der Waals surface area contributed by atoms with Crippen molar-refractivity contribution in [3.63, 3.8) is 0 Å². The van der Waals surface area contributed by atoms with Crippen molar-refractivity contribution in [3.8, 4) is 0 Å². The third-order valence-corrected chi connectivity index (χ3v) is 3.66. The van der Waals surface area contributed by atoms with Crippen molar-refractivity contribution in [1.82, 2.24) is 5.32 Å². The van der Waals surface area contributed by atoms with Gasteiger partial charge in [0.2, 0.25) is 5.91 Å². The Hall–Kier alpha value is -0.530. The largest absolute Gasteiger partial charge is 0.350 e. The number of rotatable bonds is 2. The lowest BCUT2D eigenvalue weighted by Crippen LogP contribution is -2.62. The molecule has 1 saturated carbocycles. The molecular formula is C12H21NO. The summed E-state index contributed by atoms with van der Waals surface area (Å²) in [5.74, 6) is 1.91. The molecule has 1 N–H and O–H groups in total. The van der Waals surface area contributed by atoms with Crippen LogP contribution in [0, 0.1) is 11.8 Å². The Morgan fingerprint density at radius 2 is 2.29 bits per heavy atom. The summed E-state index contributed by atoms with van der Waals surface area (Å²) in [5, 5.41) is 3.12. The van der Waals surface area contributed by atoms with Crippen LogP contribution in [0.2, 0.25) is 0 Å². The van der Waals surface area contributed by atoms with Gasteiger partial charge in [-0.05, 0) is 31.1 Å². The maximum absolute atomic E-state index is 11.0. The Balaban J connectivity index is 1.88. The first-order valence-electron chi connectivity index (χ1n) is 5.91. The molecule has 1 saturated heterocycles. The molecule has 2 nitrogen and oxygen atoms in total. The van der Waals surface area contributed by atoms with Gasteiger partial charge in [0, 0.05) is 12.0 Å². The highest BCUT2D eigenvalue weighted by Gasteiger charge is 2.45. The highest BCUT2D eigenvalue weighted by Crippen LogP contribution is 2.41. The van der Waals surface area contributed by atoms with Crippen LogP contribution in [0.25, 0.3) is 0 Å². The van der Waals surface area contributed by atoms with Gasteiger partial charge in [0.1, 0.15) is 0 Å². The molecule has 0 bridgehead atoms. The fourth-order valence-electron chi connectivity index (χ4n) is 3.21. The van der Waals surface area contributed by atoms with Crippen molar-refractivity contribution < 1.29 is 4.79 Å². The number of hydrogen-bond acceptors (Lipinski definition) is 1. The Labute approximate surface area is 86.5 Å². The van der Waals surface area contributed by atoms with E-state index in [1.54, 1.807) is 0 Å². The molecule has 2 unspecified atom stereocenters. The average Bonchev–Trinajstić information content (AvgIpc) is 2.00. The molecule has 0 aromatic rings. The monoisotopic (exact) mass is 195 g/mol. The van der Waals surface area contributed by atoms with Gasteiger partial charge in [-0.2, -0.15) is 0 Å². The van der Waals surface area contributed by atoms with Gasteiger partial charge in [-0.3, -0.25) is 4.79 Å². The lowest BCUT2D eigenvalue weighted by molar-refractivity contribution is -0.134. The van der Waals surface area contributed by atoms with E-state index in [9.17, 15) is 4.79 Å². The minimum atomic E-state index is 0.231. The fraction of sp³-hybridized carbons (Fsp3) is 0.917. The van der Waals surface area contributed by atoms with Crippen LogP contribution >= 0.6 is 0 Å². The first kappa shape index (κ1) is 10.0. The van der Waals surface area contributed by atoms with Crippen LogP contribution in [-0.4, -0.2) is 11.4 Å². The Kier molecular flexibility index (Phi) is 2.54. The molecule has 2 heteroatoms. The van der Waals surface area contributed by atoms with Gasteiger partial charge in [0.15, 0.2) is 0 Å². The molecule has 1 spiro atoms. The standard InChI is InChI=1S/C12H21NO/c1-9(2)6-10-4-3-5-12(7-10)8-11(14)13-12/h9-10H,3-8H2,1-2H3,(H,13,14). The van der Waals surface area contributed by atoms with Crippen LogP contribution in [0.1, 0.15) is 52.4 Å². The normalized spacial score (nSPS) is 37.1. The van der Waals surface area contributed by atoms with Gasteiger partial charge < -0.3 is 5.32 Å². The summed E-state index contributed by atoms with van der Waals surface area (Å²) in [4.78, 5) is 11.0. The summed E-state index contributed by atoms with van der Waals surface area (Å²) in [5.41, 5.74) is 0.231. The molecule has 2 fully saturated rings. The molecule has 0 aromatic carbocycles. The van der Waals surface area contributed by atoms with Crippen molar-refractivity contribution >= 4 is 5.91 Å². The van der Waals surface area contributed by atoms with E-state index < -0.39 is 0 Å². The molecule has 1 heterocycles. The summed E-state index contributed by atoms with van der Waals surface area (Å²) < 4.78 is 0. The highest BCUT2D eigenvalue weighted by molar-refractivity contribution is 5.84. The van der Waals surface area contributed by atoms with Gasteiger partial charge in [0.05, 0.1) is 0 Å². The van der Waals surface area contributed by atoms with Crippen molar-refractivity contribution in [1.29, 1.82) is 0 Å². The van der Waals surface area contributed by atoms with E-state index in [1.165, 1.54) is 32.1 Å². The lowest BCUT2D eigenvalue weighted by atomic mass is 9.68. The van der Waals surface area contributed by atoms with Gasteiger partial charge in [0.25, 0.3) is 0 Å². The maximum Gasteiger partial charge on any atom is 0.222 e. The zero-order valence-corrected chi connectivity index (χ0v) is 9.31. The Morgan fingerprint density at radius 3 is 2.86 bits per heavy atom. The second-order valence-corrected chi connectivity index (χ2v) is 5.60. The molecule has 2 atom stereocenters. The quantitative estimate of drug-likeness (QED) is 0.674. The van der Waals surface area contributed by atoms with Gasteiger partial charge in [-0.1, -0.05) is 26.7 Å². The number of β-lactam (4-membered cyclic amide) rings is 1. The second kappa shape index (κ2) is 3.56. The fourth-order valence-corrected chi connectivity index (χ4v) is 3.21. The maximum atomic E-state index is 11.0. The van der Waals surface area contributed by atoms with E-state index >= 15 is 0 Å². The zero-order valence-electron chi connectivity index (χ0n) is 9.31. The summed E-state index contributed by atoms with van der Waals surface area (Å²) in [6.45, 7) is 4.58. The van der Waals surface area contributed by atoms with Crippen molar-refractivity contribution in [2.24, 2.45) is 11.8 Å². The molecule has 0 radical (unpaired) electrons. The Bertz CT molecular complexity index is 226. The van der Waals surface area contributed by atoms with E-state index in [-0.39, 0.29) is 11.4 Å². The Morgan fingerprint density at radius 1 is 1.57 bits per heavy atom. The summed E-state index contributed by atoms with van der Waals surface area (Å²) in [6, 6.07) is 0. The summed E-state index contributed by atoms with van der Waals surface area (Å²) >= 11 is 0. The van der Waals surface area contributed by atoms with Crippen molar-refractivity contribution in [2.75, 3.05) is 0 Å².